The molecule has 1 N–H and O–H groups in total. The van der Waals surface area contributed by atoms with Gasteiger partial charge in [0.05, 0.1) is 6.04 Å². The minimum Gasteiger partial charge on any atom is -0.353 e. The number of benzene rings is 1. The molecule has 3 rings (SSSR count). The lowest BCUT2D eigenvalue weighted by atomic mass is 9.95. The van der Waals surface area contributed by atoms with Crippen molar-refractivity contribution < 1.29 is 0 Å². The second kappa shape index (κ2) is 10.1. The highest BCUT2D eigenvalue weighted by Crippen LogP contribution is 2.23. The van der Waals surface area contributed by atoms with Gasteiger partial charge in [0.15, 0.2) is 5.96 Å². The van der Waals surface area contributed by atoms with Gasteiger partial charge in [-0.05, 0) is 37.8 Å². The van der Waals surface area contributed by atoms with Gasteiger partial charge in [0.2, 0.25) is 0 Å². The predicted molar refractivity (Wildman–Crippen MR) is 112 cm³/mol. The van der Waals surface area contributed by atoms with E-state index in [1.807, 2.05) is 0 Å². The molecule has 0 heterocycles. The van der Waals surface area contributed by atoms with Gasteiger partial charge in [-0.15, -0.1) is 0 Å². The molecule has 3 nitrogen and oxygen atoms in total. The summed E-state index contributed by atoms with van der Waals surface area (Å²) in [6.07, 6.45) is 13.1. The molecule has 0 amide bonds. The SMILES string of the molecule is SCCN(C(=NC1CCCCC1)NC1CCCCC1)c1ccccc1. The van der Waals surface area contributed by atoms with E-state index in [0.717, 1.165) is 18.3 Å². The number of anilines is 1. The van der Waals surface area contributed by atoms with Crippen molar-refractivity contribution in [1.82, 2.24) is 5.32 Å². The largest absolute Gasteiger partial charge is 0.353 e. The Balaban J connectivity index is 1.82. The van der Waals surface area contributed by atoms with Gasteiger partial charge in [-0.1, -0.05) is 56.7 Å². The smallest absolute Gasteiger partial charge is 0.199 e. The normalized spacial score (nSPS) is 20.4. The molecule has 0 spiro atoms. The Kier molecular flexibility index (Phi) is 7.53. The van der Waals surface area contributed by atoms with Crippen LogP contribution in [-0.2, 0) is 0 Å². The van der Waals surface area contributed by atoms with E-state index in [1.54, 1.807) is 0 Å². The first-order chi connectivity index (χ1) is 12.4. The van der Waals surface area contributed by atoms with E-state index in [4.69, 9.17) is 4.99 Å². The molecule has 4 heteroatoms. The lowest BCUT2D eigenvalue weighted by molar-refractivity contribution is 0.406. The number of nitrogens with one attached hydrogen (secondary N) is 1. The molecular formula is C21H33N3S. The highest BCUT2D eigenvalue weighted by Gasteiger charge is 2.21. The molecule has 1 aromatic rings. The van der Waals surface area contributed by atoms with Crippen molar-refractivity contribution in [2.24, 2.45) is 4.99 Å². The Morgan fingerprint density at radius 3 is 2.24 bits per heavy atom. The van der Waals surface area contributed by atoms with E-state index >= 15 is 0 Å². The summed E-state index contributed by atoms with van der Waals surface area (Å²) in [6, 6.07) is 11.7. The van der Waals surface area contributed by atoms with Gasteiger partial charge in [-0.3, -0.25) is 0 Å². The first-order valence-corrected chi connectivity index (χ1v) is 10.8. The zero-order chi connectivity index (χ0) is 17.3. The Bertz CT molecular complexity index is 519. The highest BCUT2D eigenvalue weighted by molar-refractivity contribution is 7.80. The van der Waals surface area contributed by atoms with Gasteiger partial charge in [-0.25, -0.2) is 4.99 Å². The molecule has 2 aliphatic rings. The fourth-order valence-electron chi connectivity index (χ4n) is 4.06. The van der Waals surface area contributed by atoms with Crippen LogP contribution in [0.1, 0.15) is 64.2 Å². The molecular weight excluding hydrogens is 326 g/mol. The number of aliphatic imine (C=N–C) groups is 1. The van der Waals surface area contributed by atoms with Crippen LogP contribution in [-0.4, -0.2) is 30.3 Å². The van der Waals surface area contributed by atoms with Crippen LogP contribution in [0.4, 0.5) is 5.69 Å². The third kappa shape index (κ3) is 5.67. The molecule has 0 unspecified atom stereocenters. The van der Waals surface area contributed by atoms with Crippen molar-refractivity contribution in [2.75, 3.05) is 17.2 Å². The number of hydrogen-bond acceptors (Lipinski definition) is 2. The molecule has 0 aromatic heterocycles. The second-order valence-corrected chi connectivity index (χ2v) is 7.88. The van der Waals surface area contributed by atoms with Crippen molar-refractivity contribution in [3.05, 3.63) is 30.3 Å². The number of rotatable bonds is 5. The number of hydrogen-bond donors (Lipinski definition) is 2. The third-order valence-electron chi connectivity index (χ3n) is 5.47. The fraction of sp³-hybridized carbons (Fsp3) is 0.667. The minimum absolute atomic E-state index is 0.478. The number of nitrogens with zero attached hydrogens (tertiary/aromatic N) is 2. The minimum atomic E-state index is 0.478. The summed E-state index contributed by atoms with van der Waals surface area (Å²) in [5.41, 5.74) is 1.22. The lowest BCUT2D eigenvalue weighted by Crippen LogP contribution is -2.48. The van der Waals surface area contributed by atoms with Gasteiger partial charge in [-0.2, -0.15) is 12.6 Å². The van der Waals surface area contributed by atoms with Crippen LogP contribution in [0.25, 0.3) is 0 Å². The van der Waals surface area contributed by atoms with Crippen LogP contribution in [0, 0.1) is 0 Å². The molecule has 0 bridgehead atoms. The molecule has 2 saturated carbocycles. The molecule has 2 fully saturated rings. The van der Waals surface area contributed by atoms with Crippen LogP contribution >= 0.6 is 12.6 Å². The Morgan fingerprint density at radius 2 is 1.60 bits per heavy atom. The number of para-hydroxylation sites is 1. The molecule has 1 aromatic carbocycles. The molecule has 0 radical (unpaired) electrons. The fourth-order valence-corrected chi connectivity index (χ4v) is 4.26. The first-order valence-electron chi connectivity index (χ1n) is 10.1. The van der Waals surface area contributed by atoms with Crippen LogP contribution in [0.2, 0.25) is 0 Å². The van der Waals surface area contributed by atoms with E-state index in [-0.39, 0.29) is 0 Å². The molecule has 25 heavy (non-hydrogen) atoms. The third-order valence-corrected chi connectivity index (χ3v) is 5.67. The molecule has 0 aliphatic heterocycles. The van der Waals surface area contributed by atoms with Crippen LogP contribution in [0.3, 0.4) is 0 Å². The molecule has 2 aliphatic carbocycles. The summed E-state index contributed by atoms with van der Waals surface area (Å²) < 4.78 is 0. The van der Waals surface area contributed by atoms with Crippen molar-refractivity contribution in [3.63, 3.8) is 0 Å². The molecule has 138 valence electrons. The summed E-state index contributed by atoms with van der Waals surface area (Å²) in [5, 5.41) is 3.83. The first kappa shape index (κ1) is 18.6. The van der Waals surface area contributed by atoms with Gasteiger partial charge >= 0.3 is 0 Å². The van der Waals surface area contributed by atoms with E-state index in [9.17, 15) is 0 Å². The van der Waals surface area contributed by atoms with Crippen molar-refractivity contribution in [1.29, 1.82) is 0 Å². The van der Waals surface area contributed by atoms with Crippen LogP contribution in [0.15, 0.2) is 35.3 Å². The maximum atomic E-state index is 5.22. The molecule has 0 saturated heterocycles. The number of guanidine groups is 1. The van der Waals surface area contributed by atoms with Crippen LogP contribution < -0.4 is 10.2 Å². The maximum absolute atomic E-state index is 5.22. The van der Waals surface area contributed by atoms with E-state index < -0.39 is 0 Å². The second-order valence-electron chi connectivity index (χ2n) is 7.43. The summed E-state index contributed by atoms with van der Waals surface area (Å²) in [4.78, 5) is 7.57. The lowest BCUT2D eigenvalue weighted by Gasteiger charge is -2.33. The van der Waals surface area contributed by atoms with Gasteiger partial charge in [0, 0.05) is 24.0 Å². The topological polar surface area (TPSA) is 27.6 Å². The van der Waals surface area contributed by atoms with Gasteiger partial charge in [0.25, 0.3) is 0 Å². The predicted octanol–water partition coefficient (Wildman–Crippen LogP) is 5.03. The summed E-state index contributed by atoms with van der Waals surface area (Å²) in [5.74, 6) is 1.91. The monoisotopic (exact) mass is 359 g/mol. The standard InChI is InChI=1S/C21H33N3S/c25-17-16-24(20-14-8-3-9-15-20)21(22-18-10-4-1-5-11-18)23-19-12-6-2-7-13-19/h3,8-9,14-15,18-19,25H,1-2,4-7,10-13,16-17H2,(H,22,23). The van der Waals surface area contributed by atoms with E-state index in [2.05, 4.69) is 53.2 Å². The maximum Gasteiger partial charge on any atom is 0.199 e. The highest BCUT2D eigenvalue weighted by atomic mass is 32.1. The molecule has 0 atom stereocenters. The Labute approximate surface area is 158 Å². The Hall–Kier alpha value is -1.16. The van der Waals surface area contributed by atoms with Crippen molar-refractivity contribution >= 4 is 24.3 Å². The number of thiol groups is 1. The van der Waals surface area contributed by atoms with Crippen molar-refractivity contribution in [2.45, 2.75) is 76.3 Å². The quantitative estimate of drug-likeness (QED) is 0.438. The Morgan fingerprint density at radius 1 is 0.960 bits per heavy atom. The van der Waals surface area contributed by atoms with Crippen LogP contribution in [0.5, 0.6) is 0 Å². The van der Waals surface area contributed by atoms with Gasteiger partial charge in [0.1, 0.15) is 0 Å². The summed E-state index contributed by atoms with van der Waals surface area (Å²) in [7, 11) is 0. The van der Waals surface area contributed by atoms with E-state index in [0.29, 0.717) is 12.1 Å². The van der Waals surface area contributed by atoms with Crippen molar-refractivity contribution in [3.8, 4) is 0 Å². The summed E-state index contributed by atoms with van der Waals surface area (Å²) >= 11 is 4.51. The average molecular weight is 360 g/mol. The zero-order valence-corrected chi connectivity index (χ0v) is 16.3. The summed E-state index contributed by atoms with van der Waals surface area (Å²) in [6.45, 7) is 0.887. The van der Waals surface area contributed by atoms with Gasteiger partial charge < -0.3 is 10.2 Å². The van der Waals surface area contributed by atoms with E-state index in [1.165, 1.54) is 69.9 Å². The zero-order valence-electron chi connectivity index (χ0n) is 15.4. The average Bonchev–Trinajstić information content (AvgIpc) is 2.68.